The van der Waals surface area contributed by atoms with Crippen LogP contribution in [0.3, 0.4) is 0 Å². The van der Waals surface area contributed by atoms with Gasteiger partial charge in [0.05, 0.1) is 5.75 Å². The van der Waals surface area contributed by atoms with E-state index in [1.54, 1.807) is 23.9 Å². The van der Waals surface area contributed by atoms with Gasteiger partial charge in [0, 0.05) is 34.6 Å². The number of carbonyl (C=O) groups excluding carboxylic acids is 1. The Morgan fingerprint density at radius 2 is 2.17 bits per heavy atom. The molecule has 0 unspecified atom stereocenters. The second-order valence-electron chi connectivity index (χ2n) is 5.76. The van der Waals surface area contributed by atoms with Gasteiger partial charge in [0.15, 0.2) is 16.1 Å². The first-order valence-corrected chi connectivity index (χ1v) is 9.50. The summed E-state index contributed by atoms with van der Waals surface area (Å²) in [5.41, 5.74) is 2.69. The predicted octanol–water partition coefficient (Wildman–Crippen LogP) is 3.70. The molecule has 0 aromatic carbocycles. The number of thioether (sulfide) groups is 1. The number of aryl methyl sites for hydroxylation is 1. The molecular weight excluding hydrogens is 342 g/mol. The number of ketones is 1. The zero-order valence-corrected chi connectivity index (χ0v) is 15.7. The Morgan fingerprint density at radius 1 is 1.38 bits per heavy atom. The highest BCUT2D eigenvalue weighted by Gasteiger charge is 2.19. The van der Waals surface area contributed by atoms with Gasteiger partial charge in [0.1, 0.15) is 6.33 Å². The SMILES string of the molecule is Cc1cc(C(=O)CSc2nncn2C(C)C)c(C)n1-c1nccs1. The minimum Gasteiger partial charge on any atom is -0.306 e. The zero-order chi connectivity index (χ0) is 17.3. The molecule has 8 heteroatoms. The average Bonchev–Trinajstić information content (AvgIpc) is 3.25. The first-order chi connectivity index (χ1) is 11.5. The van der Waals surface area contributed by atoms with Crippen molar-refractivity contribution in [1.82, 2.24) is 24.3 Å². The third-order valence-electron chi connectivity index (χ3n) is 3.77. The zero-order valence-electron chi connectivity index (χ0n) is 14.1. The number of carbonyl (C=O) groups is 1. The summed E-state index contributed by atoms with van der Waals surface area (Å²) in [6.45, 7) is 8.09. The van der Waals surface area contributed by atoms with Crippen LogP contribution in [-0.2, 0) is 0 Å². The maximum atomic E-state index is 12.7. The molecule has 6 nitrogen and oxygen atoms in total. The number of rotatable bonds is 6. The fourth-order valence-corrected chi connectivity index (χ4v) is 4.24. The quantitative estimate of drug-likeness (QED) is 0.495. The lowest BCUT2D eigenvalue weighted by atomic mass is 10.2. The highest BCUT2D eigenvalue weighted by Crippen LogP contribution is 2.25. The Morgan fingerprint density at radius 3 is 2.83 bits per heavy atom. The van der Waals surface area contributed by atoms with Crippen molar-refractivity contribution in [3.63, 3.8) is 0 Å². The van der Waals surface area contributed by atoms with Crippen molar-refractivity contribution >= 4 is 28.9 Å². The molecule has 0 saturated heterocycles. The van der Waals surface area contributed by atoms with Crippen molar-refractivity contribution in [3.8, 4) is 5.13 Å². The summed E-state index contributed by atoms with van der Waals surface area (Å²) in [6, 6.07) is 2.21. The van der Waals surface area contributed by atoms with Gasteiger partial charge in [0.2, 0.25) is 0 Å². The maximum Gasteiger partial charge on any atom is 0.193 e. The average molecular weight is 361 g/mol. The van der Waals surface area contributed by atoms with E-state index >= 15 is 0 Å². The lowest BCUT2D eigenvalue weighted by molar-refractivity contribution is 0.102. The molecule has 0 amide bonds. The van der Waals surface area contributed by atoms with Crippen molar-refractivity contribution in [2.75, 3.05) is 5.75 Å². The molecule has 0 saturated carbocycles. The lowest BCUT2D eigenvalue weighted by Crippen LogP contribution is -2.07. The smallest absolute Gasteiger partial charge is 0.193 e. The Hall–Kier alpha value is -1.93. The maximum absolute atomic E-state index is 12.7. The van der Waals surface area contributed by atoms with Crippen molar-refractivity contribution in [2.45, 2.75) is 38.9 Å². The molecule has 0 fully saturated rings. The van der Waals surface area contributed by atoms with E-state index in [9.17, 15) is 4.79 Å². The van der Waals surface area contributed by atoms with Crippen LogP contribution in [0.1, 0.15) is 41.6 Å². The summed E-state index contributed by atoms with van der Waals surface area (Å²) in [7, 11) is 0. The number of hydrogen-bond acceptors (Lipinski definition) is 6. The van der Waals surface area contributed by atoms with Crippen LogP contribution in [0.5, 0.6) is 0 Å². The summed E-state index contributed by atoms with van der Waals surface area (Å²) in [5.74, 6) is 0.433. The van der Waals surface area contributed by atoms with Crippen LogP contribution in [0.2, 0.25) is 0 Å². The van der Waals surface area contributed by atoms with Crippen molar-refractivity contribution < 1.29 is 4.79 Å². The number of hydrogen-bond donors (Lipinski definition) is 0. The topological polar surface area (TPSA) is 65.6 Å². The molecule has 0 atom stereocenters. The van der Waals surface area contributed by atoms with Gasteiger partial charge in [0.25, 0.3) is 0 Å². The van der Waals surface area contributed by atoms with Gasteiger partial charge in [-0.25, -0.2) is 4.98 Å². The summed E-state index contributed by atoms with van der Waals surface area (Å²) < 4.78 is 4.00. The third kappa shape index (κ3) is 3.16. The van der Waals surface area contributed by atoms with Gasteiger partial charge < -0.3 is 4.57 Å². The van der Waals surface area contributed by atoms with Gasteiger partial charge in [-0.15, -0.1) is 21.5 Å². The number of nitrogens with zero attached hydrogens (tertiary/aromatic N) is 5. The molecule has 3 aromatic heterocycles. The summed E-state index contributed by atoms with van der Waals surface area (Å²) in [6.07, 6.45) is 3.47. The van der Waals surface area contributed by atoms with Crippen molar-refractivity contribution in [2.24, 2.45) is 0 Å². The largest absolute Gasteiger partial charge is 0.306 e. The first kappa shape index (κ1) is 16.9. The molecule has 0 bridgehead atoms. The van der Waals surface area contributed by atoms with Gasteiger partial charge in [-0.05, 0) is 33.8 Å². The monoisotopic (exact) mass is 361 g/mol. The van der Waals surface area contributed by atoms with Crippen LogP contribution in [0, 0.1) is 13.8 Å². The molecule has 0 N–H and O–H groups in total. The van der Waals surface area contributed by atoms with E-state index in [4.69, 9.17) is 0 Å². The minimum absolute atomic E-state index is 0.0919. The van der Waals surface area contributed by atoms with Gasteiger partial charge in [-0.3, -0.25) is 9.36 Å². The fourth-order valence-electron chi connectivity index (χ4n) is 2.56. The number of thiazole rings is 1. The summed E-state index contributed by atoms with van der Waals surface area (Å²) >= 11 is 2.98. The standard InChI is InChI=1S/C16H19N5OS2/c1-10(2)20-9-18-19-16(20)24-8-14(22)13-7-11(3)21(12(13)4)15-17-5-6-23-15/h5-7,9-10H,8H2,1-4H3. The molecule has 3 rings (SSSR count). The van der Waals surface area contributed by atoms with Gasteiger partial charge in [-0.2, -0.15) is 0 Å². The lowest BCUT2D eigenvalue weighted by Gasteiger charge is -2.09. The normalized spacial score (nSPS) is 11.4. The van der Waals surface area contributed by atoms with Crippen LogP contribution in [0.4, 0.5) is 0 Å². The molecule has 24 heavy (non-hydrogen) atoms. The molecule has 0 aliphatic rings. The molecule has 0 aliphatic heterocycles. The number of aromatic nitrogens is 5. The molecule has 3 aromatic rings. The Bertz CT molecular complexity index is 848. The highest BCUT2D eigenvalue weighted by molar-refractivity contribution is 7.99. The molecule has 3 heterocycles. The predicted molar refractivity (Wildman–Crippen MR) is 96.4 cm³/mol. The van der Waals surface area contributed by atoms with E-state index in [1.807, 2.05) is 34.4 Å². The van der Waals surface area contributed by atoms with E-state index in [-0.39, 0.29) is 11.8 Å². The van der Waals surface area contributed by atoms with E-state index < -0.39 is 0 Å². The van der Waals surface area contributed by atoms with E-state index in [2.05, 4.69) is 29.0 Å². The third-order valence-corrected chi connectivity index (χ3v) is 5.48. The molecular formula is C16H19N5OS2. The van der Waals surface area contributed by atoms with Crippen LogP contribution in [0.25, 0.3) is 5.13 Å². The fraction of sp³-hybridized carbons (Fsp3) is 0.375. The summed E-state index contributed by atoms with van der Waals surface area (Å²) in [5, 5.41) is 11.6. The Kier molecular flexibility index (Phi) is 4.86. The van der Waals surface area contributed by atoms with Gasteiger partial charge >= 0.3 is 0 Å². The Balaban J connectivity index is 1.79. The molecule has 0 radical (unpaired) electrons. The Labute approximate surface area is 148 Å². The first-order valence-electron chi connectivity index (χ1n) is 7.63. The van der Waals surface area contributed by atoms with Crippen LogP contribution >= 0.6 is 23.1 Å². The van der Waals surface area contributed by atoms with Crippen LogP contribution < -0.4 is 0 Å². The van der Waals surface area contributed by atoms with Gasteiger partial charge in [-0.1, -0.05) is 11.8 Å². The highest BCUT2D eigenvalue weighted by atomic mass is 32.2. The van der Waals surface area contributed by atoms with Crippen LogP contribution in [0.15, 0.2) is 29.1 Å². The summed E-state index contributed by atoms with van der Waals surface area (Å²) in [4.78, 5) is 17.0. The van der Waals surface area contributed by atoms with Crippen molar-refractivity contribution in [3.05, 3.63) is 40.9 Å². The number of Topliss-reactive ketones (excluding diaryl/α,β-unsaturated/α-hetero) is 1. The van der Waals surface area contributed by atoms with Crippen molar-refractivity contribution in [1.29, 1.82) is 0 Å². The molecule has 0 spiro atoms. The molecule has 0 aliphatic carbocycles. The van der Waals surface area contributed by atoms with Crippen LogP contribution in [-0.4, -0.2) is 35.9 Å². The minimum atomic E-state index is 0.0919. The second-order valence-corrected chi connectivity index (χ2v) is 7.58. The second kappa shape index (κ2) is 6.90. The van der Waals surface area contributed by atoms with E-state index in [0.29, 0.717) is 5.75 Å². The van der Waals surface area contributed by atoms with E-state index in [1.165, 1.54) is 11.8 Å². The van der Waals surface area contributed by atoms with E-state index in [0.717, 1.165) is 27.2 Å². The molecule has 126 valence electrons.